The lowest BCUT2D eigenvalue weighted by atomic mass is 10.1. The van der Waals surface area contributed by atoms with Gasteiger partial charge in [-0.1, -0.05) is 19.1 Å². The number of likely N-dealkylation sites (tertiary alicyclic amines) is 1. The third-order valence-electron chi connectivity index (χ3n) is 5.76. The molecule has 5 heteroatoms. The summed E-state index contributed by atoms with van der Waals surface area (Å²) in [4.78, 5) is 29.3. The van der Waals surface area contributed by atoms with Crippen molar-refractivity contribution >= 4 is 17.5 Å². The van der Waals surface area contributed by atoms with Gasteiger partial charge in [-0.05, 0) is 62.9 Å². The van der Waals surface area contributed by atoms with E-state index < -0.39 is 0 Å². The number of aryl methyl sites for hydroxylation is 1. The predicted molar refractivity (Wildman–Crippen MR) is 104 cm³/mol. The summed E-state index contributed by atoms with van der Waals surface area (Å²) in [6.07, 6.45) is 2.88. The molecule has 2 atom stereocenters. The van der Waals surface area contributed by atoms with Gasteiger partial charge in [-0.25, -0.2) is 0 Å². The van der Waals surface area contributed by atoms with Crippen molar-refractivity contribution in [2.75, 3.05) is 37.6 Å². The van der Waals surface area contributed by atoms with E-state index in [1.807, 2.05) is 32.0 Å². The summed E-state index contributed by atoms with van der Waals surface area (Å²) in [6.45, 7) is 10.8. The summed E-state index contributed by atoms with van der Waals surface area (Å²) in [5, 5.41) is 3.07. The number of nitrogens with zero attached hydrogens (tertiary/aromatic N) is 2. The molecule has 26 heavy (non-hydrogen) atoms. The number of rotatable bonds is 6. The molecule has 2 saturated heterocycles. The minimum absolute atomic E-state index is 0.0134. The van der Waals surface area contributed by atoms with E-state index in [4.69, 9.17) is 0 Å². The van der Waals surface area contributed by atoms with Gasteiger partial charge in [0, 0.05) is 31.7 Å². The molecule has 2 fully saturated rings. The number of benzene rings is 1. The highest BCUT2D eigenvalue weighted by atomic mass is 16.2. The average molecular weight is 357 g/mol. The van der Waals surface area contributed by atoms with Crippen LogP contribution in [0.4, 0.5) is 5.69 Å². The van der Waals surface area contributed by atoms with Crippen molar-refractivity contribution in [1.29, 1.82) is 0 Å². The van der Waals surface area contributed by atoms with Crippen LogP contribution in [-0.2, 0) is 9.59 Å². The highest BCUT2D eigenvalue weighted by molar-refractivity contribution is 6.00. The highest BCUT2D eigenvalue weighted by Gasteiger charge is 2.35. The fourth-order valence-corrected chi connectivity index (χ4v) is 4.03. The molecule has 1 aromatic rings. The Kier molecular flexibility index (Phi) is 5.97. The second-order valence-electron chi connectivity index (χ2n) is 7.98. The van der Waals surface area contributed by atoms with Crippen molar-refractivity contribution < 1.29 is 9.59 Å². The smallest absolute Gasteiger partial charge is 0.227 e. The zero-order valence-corrected chi connectivity index (χ0v) is 16.3. The number of anilines is 1. The molecule has 0 radical (unpaired) electrons. The molecular weight excluding hydrogens is 326 g/mol. The number of hydrogen-bond acceptors (Lipinski definition) is 3. The second kappa shape index (κ2) is 8.21. The van der Waals surface area contributed by atoms with Crippen molar-refractivity contribution in [3.05, 3.63) is 29.3 Å². The first-order chi connectivity index (χ1) is 12.5. The van der Waals surface area contributed by atoms with E-state index >= 15 is 0 Å². The molecule has 2 aliphatic heterocycles. The van der Waals surface area contributed by atoms with Gasteiger partial charge in [0.1, 0.15) is 0 Å². The first-order valence-electron chi connectivity index (χ1n) is 9.82. The molecule has 0 aliphatic carbocycles. The van der Waals surface area contributed by atoms with Gasteiger partial charge < -0.3 is 15.1 Å². The van der Waals surface area contributed by atoms with Gasteiger partial charge >= 0.3 is 0 Å². The lowest BCUT2D eigenvalue weighted by molar-refractivity contribution is -0.126. The Bertz CT molecular complexity index is 667. The van der Waals surface area contributed by atoms with Crippen LogP contribution in [0.2, 0.25) is 0 Å². The highest BCUT2D eigenvalue weighted by Crippen LogP contribution is 2.29. The maximum absolute atomic E-state index is 12.6. The van der Waals surface area contributed by atoms with Crippen LogP contribution in [0.1, 0.15) is 37.3 Å². The maximum Gasteiger partial charge on any atom is 0.227 e. The summed E-state index contributed by atoms with van der Waals surface area (Å²) in [5.41, 5.74) is 3.22. The van der Waals surface area contributed by atoms with Crippen molar-refractivity contribution in [3.63, 3.8) is 0 Å². The molecule has 142 valence electrons. The van der Waals surface area contributed by atoms with Crippen LogP contribution >= 0.6 is 0 Å². The van der Waals surface area contributed by atoms with Crippen LogP contribution in [0, 0.1) is 25.7 Å². The Morgan fingerprint density at radius 3 is 2.73 bits per heavy atom. The molecule has 1 N–H and O–H groups in total. The van der Waals surface area contributed by atoms with Crippen LogP contribution in [0.3, 0.4) is 0 Å². The van der Waals surface area contributed by atoms with Gasteiger partial charge in [-0.15, -0.1) is 0 Å². The van der Waals surface area contributed by atoms with Gasteiger partial charge in [0.2, 0.25) is 11.8 Å². The molecule has 0 bridgehead atoms. The molecule has 0 spiro atoms. The van der Waals surface area contributed by atoms with Crippen molar-refractivity contribution in [2.24, 2.45) is 11.8 Å². The molecule has 2 unspecified atom stereocenters. The minimum Gasteiger partial charge on any atom is -0.355 e. The van der Waals surface area contributed by atoms with Crippen LogP contribution in [-0.4, -0.2) is 49.4 Å². The Hall–Kier alpha value is -1.88. The van der Waals surface area contributed by atoms with Crippen LogP contribution in [0.5, 0.6) is 0 Å². The lowest BCUT2D eigenvalue weighted by Gasteiger charge is -2.22. The quantitative estimate of drug-likeness (QED) is 0.851. The molecule has 2 aliphatic rings. The number of hydrogen-bond donors (Lipinski definition) is 1. The molecule has 2 amide bonds. The topological polar surface area (TPSA) is 52.7 Å². The molecule has 5 nitrogen and oxygen atoms in total. The zero-order chi connectivity index (χ0) is 18.7. The molecule has 0 aromatic heterocycles. The number of carbonyl (C=O) groups excluding carboxylic acids is 2. The fraction of sp³-hybridized carbons (Fsp3) is 0.619. The van der Waals surface area contributed by atoms with E-state index in [-0.39, 0.29) is 17.7 Å². The summed E-state index contributed by atoms with van der Waals surface area (Å²) < 4.78 is 0. The lowest BCUT2D eigenvalue weighted by Crippen LogP contribution is -2.38. The average Bonchev–Trinajstić information content (AvgIpc) is 3.25. The van der Waals surface area contributed by atoms with Crippen LogP contribution < -0.4 is 10.2 Å². The molecular formula is C21H31N3O2. The van der Waals surface area contributed by atoms with E-state index in [9.17, 15) is 9.59 Å². The van der Waals surface area contributed by atoms with E-state index in [0.717, 1.165) is 17.8 Å². The van der Waals surface area contributed by atoms with E-state index in [0.29, 0.717) is 25.4 Å². The number of amides is 2. The fourth-order valence-electron chi connectivity index (χ4n) is 4.03. The molecule has 2 heterocycles. The Balaban J connectivity index is 1.52. The number of carbonyl (C=O) groups is 2. The minimum atomic E-state index is -0.249. The van der Waals surface area contributed by atoms with E-state index in [1.165, 1.54) is 31.5 Å². The normalized spacial score (nSPS) is 22.0. The Labute approximate surface area is 156 Å². The monoisotopic (exact) mass is 357 g/mol. The van der Waals surface area contributed by atoms with Gasteiger partial charge in [0.25, 0.3) is 0 Å². The third kappa shape index (κ3) is 4.26. The first kappa shape index (κ1) is 18.9. The molecule has 3 rings (SSSR count). The molecule has 0 saturated carbocycles. The predicted octanol–water partition coefficient (Wildman–Crippen LogP) is 2.50. The Morgan fingerprint density at radius 1 is 1.27 bits per heavy atom. The van der Waals surface area contributed by atoms with E-state index in [2.05, 4.69) is 17.1 Å². The van der Waals surface area contributed by atoms with Crippen molar-refractivity contribution in [2.45, 2.75) is 40.0 Å². The van der Waals surface area contributed by atoms with Crippen LogP contribution in [0.25, 0.3) is 0 Å². The van der Waals surface area contributed by atoms with E-state index in [1.54, 1.807) is 4.90 Å². The zero-order valence-electron chi connectivity index (χ0n) is 16.3. The van der Waals surface area contributed by atoms with Gasteiger partial charge in [0.15, 0.2) is 0 Å². The maximum atomic E-state index is 12.6. The van der Waals surface area contributed by atoms with Crippen molar-refractivity contribution in [1.82, 2.24) is 10.2 Å². The van der Waals surface area contributed by atoms with Gasteiger partial charge in [-0.2, -0.15) is 0 Å². The summed E-state index contributed by atoms with van der Waals surface area (Å²) in [7, 11) is 0. The number of nitrogens with one attached hydrogen (secondary N) is 1. The third-order valence-corrected chi connectivity index (χ3v) is 5.76. The SMILES string of the molecule is Cc1cccc(N2CC(C(=O)NCC(C)CN3CCCC3)CC2=O)c1C. The largest absolute Gasteiger partial charge is 0.355 e. The van der Waals surface area contributed by atoms with Gasteiger partial charge in [-0.3, -0.25) is 9.59 Å². The van der Waals surface area contributed by atoms with Gasteiger partial charge in [0.05, 0.1) is 5.92 Å². The standard InChI is InChI=1S/C21H31N3O2/c1-15(13-23-9-4-5-10-23)12-22-21(26)18-11-20(25)24(14-18)19-8-6-7-16(2)17(19)3/h6-8,15,18H,4-5,9-14H2,1-3H3,(H,22,26). The van der Waals surface area contributed by atoms with Crippen LogP contribution in [0.15, 0.2) is 18.2 Å². The first-order valence-corrected chi connectivity index (χ1v) is 9.82. The Morgan fingerprint density at radius 2 is 2.00 bits per heavy atom. The summed E-state index contributed by atoms with van der Waals surface area (Å²) in [5.74, 6) is 0.245. The summed E-state index contributed by atoms with van der Waals surface area (Å²) in [6, 6.07) is 5.99. The second-order valence-corrected chi connectivity index (χ2v) is 7.98. The van der Waals surface area contributed by atoms with Crippen molar-refractivity contribution in [3.8, 4) is 0 Å². The molecule has 1 aromatic carbocycles. The summed E-state index contributed by atoms with van der Waals surface area (Å²) >= 11 is 0.